The Balaban J connectivity index is 2.04. The Kier molecular flexibility index (Phi) is 6.39. The van der Waals surface area contributed by atoms with Gasteiger partial charge < -0.3 is 19.9 Å². The van der Waals surface area contributed by atoms with Crippen molar-refractivity contribution in [2.45, 2.75) is 13.2 Å². The van der Waals surface area contributed by atoms with Crippen molar-refractivity contribution < 1.29 is 19.2 Å². The lowest BCUT2D eigenvalue weighted by atomic mass is 10.1. The third kappa shape index (κ3) is 4.63. The standard InChI is InChI=1S/C20H17BrN2O3S/c21-17-8-2-1-7-16(17)19(25)18(23-9-3-5-14(12-23)13-24)20(27)22-11-15-6-4-10-26-15/h1-10,12,24H,11,13H2,(H-,22,25,27)/p+1. The molecule has 0 saturated carbocycles. The van der Waals surface area contributed by atoms with Gasteiger partial charge in [0.1, 0.15) is 5.76 Å². The molecule has 0 amide bonds. The van der Waals surface area contributed by atoms with E-state index >= 15 is 0 Å². The van der Waals surface area contributed by atoms with E-state index in [1.54, 1.807) is 47.5 Å². The predicted molar refractivity (Wildman–Crippen MR) is 111 cm³/mol. The Hall–Kier alpha value is -2.48. The first-order valence-electron chi connectivity index (χ1n) is 8.20. The molecule has 5 nitrogen and oxygen atoms in total. The third-order valence-electron chi connectivity index (χ3n) is 3.87. The van der Waals surface area contributed by atoms with Crippen LogP contribution in [0.4, 0.5) is 0 Å². The van der Waals surface area contributed by atoms with Gasteiger partial charge in [-0.3, -0.25) is 0 Å². The molecule has 138 valence electrons. The number of nitrogens with zero attached hydrogens (tertiary/aromatic N) is 1. The van der Waals surface area contributed by atoms with E-state index in [0.717, 1.165) is 10.2 Å². The molecule has 0 radical (unpaired) electrons. The highest BCUT2D eigenvalue weighted by molar-refractivity contribution is 9.10. The van der Waals surface area contributed by atoms with E-state index in [4.69, 9.17) is 16.6 Å². The van der Waals surface area contributed by atoms with Crippen LogP contribution in [0.15, 0.2) is 76.1 Å². The maximum absolute atomic E-state index is 11.0. The van der Waals surface area contributed by atoms with Crippen LogP contribution < -0.4 is 9.88 Å². The first-order chi connectivity index (χ1) is 13.1. The van der Waals surface area contributed by atoms with Crippen LogP contribution in [-0.2, 0) is 13.2 Å². The van der Waals surface area contributed by atoms with Crippen LogP contribution in [0.1, 0.15) is 16.9 Å². The summed E-state index contributed by atoms with van der Waals surface area (Å²) in [6.45, 7) is 0.273. The van der Waals surface area contributed by atoms with Gasteiger partial charge >= 0.3 is 0 Å². The first kappa shape index (κ1) is 19.3. The molecule has 7 heteroatoms. The highest BCUT2D eigenvalue weighted by atomic mass is 79.9. The van der Waals surface area contributed by atoms with Gasteiger partial charge in [0.15, 0.2) is 23.1 Å². The Bertz CT molecular complexity index is 971. The first-order valence-corrected chi connectivity index (χ1v) is 9.40. The van der Waals surface area contributed by atoms with Gasteiger partial charge in [-0.1, -0.05) is 40.3 Å². The molecule has 0 aliphatic heterocycles. The summed E-state index contributed by atoms with van der Waals surface area (Å²) in [7, 11) is 0. The molecule has 3 rings (SSSR count). The van der Waals surface area contributed by atoms with E-state index in [1.165, 1.54) is 0 Å². The van der Waals surface area contributed by atoms with Crippen molar-refractivity contribution in [3.05, 3.63) is 88.5 Å². The molecule has 2 heterocycles. The number of pyridine rings is 1. The second-order valence-corrected chi connectivity index (χ2v) is 6.98. The van der Waals surface area contributed by atoms with Crippen molar-refractivity contribution >= 4 is 44.6 Å². The maximum Gasteiger partial charge on any atom is 0.288 e. The summed E-state index contributed by atoms with van der Waals surface area (Å²) in [6, 6.07) is 14.6. The number of aromatic nitrogens is 1. The average molecular weight is 446 g/mol. The molecule has 0 unspecified atom stereocenters. The molecule has 2 aromatic heterocycles. The topological polar surface area (TPSA) is 69.5 Å². The lowest BCUT2D eigenvalue weighted by molar-refractivity contribution is -0.576. The lowest BCUT2D eigenvalue weighted by Crippen LogP contribution is -2.41. The van der Waals surface area contributed by atoms with Crippen LogP contribution in [0.3, 0.4) is 0 Å². The minimum Gasteiger partial charge on any atom is -0.502 e. The zero-order valence-corrected chi connectivity index (χ0v) is 16.7. The van der Waals surface area contributed by atoms with E-state index in [9.17, 15) is 10.2 Å². The molecule has 3 N–H and O–H groups in total. The van der Waals surface area contributed by atoms with E-state index in [1.807, 2.05) is 24.3 Å². The summed E-state index contributed by atoms with van der Waals surface area (Å²) in [6.07, 6.45) is 5.08. The lowest BCUT2D eigenvalue weighted by Gasteiger charge is -2.10. The van der Waals surface area contributed by atoms with Gasteiger partial charge in [-0.05, 0) is 30.3 Å². The molecule has 27 heavy (non-hydrogen) atoms. The smallest absolute Gasteiger partial charge is 0.288 e. The Labute approximate surface area is 170 Å². The Morgan fingerprint density at radius 1 is 1.15 bits per heavy atom. The van der Waals surface area contributed by atoms with E-state index in [2.05, 4.69) is 21.2 Å². The molecular weight excluding hydrogens is 428 g/mol. The highest BCUT2D eigenvalue weighted by Gasteiger charge is 2.25. The third-order valence-corrected chi connectivity index (χ3v) is 4.90. The second-order valence-electron chi connectivity index (χ2n) is 5.72. The fraction of sp³-hybridized carbons (Fsp3) is 0.100. The quantitative estimate of drug-likeness (QED) is 0.233. The predicted octanol–water partition coefficient (Wildman–Crippen LogP) is 3.82. The van der Waals surface area contributed by atoms with E-state index in [0.29, 0.717) is 28.4 Å². The van der Waals surface area contributed by atoms with Crippen molar-refractivity contribution in [2.75, 3.05) is 0 Å². The molecule has 0 spiro atoms. The molecule has 0 atom stereocenters. The van der Waals surface area contributed by atoms with Gasteiger partial charge in [0.2, 0.25) is 0 Å². The molecular formula is C20H18BrN2O3S+. The number of benzene rings is 1. The zero-order chi connectivity index (χ0) is 19.2. The number of rotatable bonds is 6. The van der Waals surface area contributed by atoms with Gasteiger partial charge in [-0.25, -0.2) is 0 Å². The number of hydrogen-bond acceptors (Lipinski definition) is 4. The number of hydrogen-bond donors (Lipinski definition) is 3. The minimum atomic E-state index is -0.115. The van der Waals surface area contributed by atoms with Crippen molar-refractivity contribution in [3.8, 4) is 0 Å². The minimum absolute atomic E-state index is 0.0134. The summed E-state index contributed by atoms with van der Waals surface area (Å²) in [5.41, 5.74) is 1.71. The monoisotopic (exact) mass is 445 g/mol. The highest BCUT2D eigenvalue weighted by Crippen LogP contribution is 2.25. The average Bonchev–Trinajstić information content (AvgIpc) is 3.20. The zero-order valence-electron chi connectivity index (χ0n) is 14.3. The van der Waals surface area contributed by atoms with Crippen LogP contribution in [0.2, 0.25) is 0 Å². The summed E-state index contributed by atoms with van der Waals surface area (Å²) in [5.74, 6) is 0.741. The van der Waals surface area contributed by atoms with Crippen LogP contribution in [0.5, 0.6) is 0 Å². The molecule has 0 aliphatic carbocycles. The van der Waals surface area contributed by atoms with Gasteiger partial charge in [-0.2, -0.15) is 4.57 Å². The van der Waals surface area contributed by atoms with Crippen molar-refractivity contribution in [3.63, 3.8) is 0 Å². The molecule has 0 saturated heterocycles. The number of halogens is 1. The van der Waals surface area contributed by atoms with Crippen LogP contribution >= 0.6 is 28.1 Å². The van der Waals surface area contributed by atoms with Crippen LogP contribution in [0.25, 0.3) is 11.5 Å². The van der Waals surface area contributed by atoms with Crippen LogP contribution in [0, 0.1) is 0 Å². The normalized spacial score (nSPS) is 11.8. The number of aliphatic hydroxyl groups excluding tert-OH is 2. The van der Waals surface area contributed by atoms with E-state index < -0.39 is 0 Å². The Morgan fingerprint density at radius 3 is 2.67 bits per heavy atom. The summed E-state index contributed by atoms with van der Waals surface area (Å²) < 4.78 is 7.76. The SMILES string of the molecule is OCc1ccc[n+](/C(C(=S)NCc2ccco2)=C(/O)c2ccccc2Br)c1. The van der Waals surface area contributed by atoms with Gasteiger partial charge in [0.25, 0.3) is 5.70 Å². The Morgan fingerprint density at radius 2 is 1.96 bits per heavy atom. The number of nitrogens with one attached hydrogen (secondary N) is 1. The molecule has 0 fully saturated rings. The summed E-state index contributed by atoms with van der Waals surface area (Å²) >= 11 is 9.02. The molecule has 0 bridgehead atoms. The van der Waals surface area contributed by atoms with Crippen molar-refractivity contribution in [1.29, 1.82) is 0 Å². The van der Waals surface area contributed by atoms with E-state index in [-0.39, 0.29) is 12.4 Å². The number of aliphatic hydroxyl groups is 2. The summed E-state index contributed by atoms with van der Waals surface area (Å²) in [5, 5.41) is 23.6. The second kappa shape index (κ2) is 8.94. The maximum atomic E-state index is 11.0. The molecule has 3 aromatic rings. The summed E-state index contributed by atoms with van der Waals surface area (Å²) in [4.78, 5) is 0.347. The largest absolute Gasteiger partial charge is 0.502 e. The fourth-order valence-electron chi connectivity index (χ4n) is 2.55. The van der Waals surface area contributed by atoms with Gasteiger partial charge in [0.05, 0.1) is 19.4 Å². The fourth-order valence-corrected chi connectivity index (χ4v) is 3.30. The number of thiocarbonyl (C=S) groups is 1. The van der Waals surface area contributed by atoms with Crippen molar-refractivity contribution in [2.24, 2.45) is 0 Å². The molecule has 0 aliphatic rings. The number of furan rings is 1. The van der Waals surface area contributed by atoms with Gasteiger partial charge in [0, 0.05) is 21.7 Å². The van der Waals surface area contributed by atoms with Crippen molar-refractivity contribution in [1.82, 2.24) is 5.32 Å². The van der Waals surface area contributed by atoms with Crippen LogP contribution in [-0.4, -0.2) is 15.2 Å². The molecule has 1 aromatic carbocycles. The van der Waals surface area contributed by atoms with Gasteiger partial charge in [-0.15, -0.1) is 0 Å².